The summed E-state index contributed by atoms with van der Waals surface area (Å²) < 4.78 is 20.2. The Kier molecular flexibility index (Phi) is 21.9. The number of rotatable bonds is 28. The summed E-state index contributed by atoms with van der Waals surface area (Å²) in [4.78, 5) is 70.2. The largest absolute Gasteiger partial charge is 0.462 e. The molecule has 1 aliphatic rings. The summed E-state index contributed by atoms with van der Waals surface area (Å²) in [7, 11) is 0. The van der Waals surface area contributed by atoms with Gasteiger partial charge < -0.3 is 50.0 Å². The number of nitrogens with zero attached hydrogens (tertiary/aromatic N) is 3. The zero-order chi connectivity index (χ0) is 48.0. The van der Waals surface area contributed by atoms with Crippen LogP contribution >= 0.6 is 0 Å². The van der Waals surface area contributed by atoms with Crippen LogP contribution < -0.4 is 16.0 Å². The van der Waals surface area contributed by atoms with Crippen LogP contribution in [0, 0.1) is 19.8 Å². The van der Waals surface area contributed by atoms with Crippen molar-refractivity contribution >= 4 is 47.4 Å². The Morgan fingerprint density at radius 2 is 1.48 bits per heavy atom. The smallest absolute Gasteiger partial charge is 0.303 e. The van der Waals surface area contributed by atoms with Crippen LogP contribution in [0.4, 0.5) is 11.5 Å². The second-order valence-electron chi connectivity index (χ2n) is 16.4. The van der Waals surface area contributed by atoms with Crippen molar-refractivity contribution in [2.24, 2.45) is 10.9 Å². The first-order valence-corrected chi connectivity index (χ1v) is 22.6. The van der Waals surface area contributed by atoms with Gasteiger partial charge in [-0.2, -0.15) is 0 Å². The maximum Gasteiger partial charge on any atom is 0.303 e. The number of anilines is 2. The predicted octanol–water partition coefficient (Wildman–Crippen LogP) is 5.69. The lowest BCUT2D eigenvalue weighted by molar-refractivity contribution is -0.183. The Morgan fingerprint density at radius 3 is 2.09 bits per heavy atom. The van der Waals surface area contributed by atoms with E-state index in [0.717, 1.165) is 77.7 Å². The number of pyridine rings is 1. The Balaban J connectivity index is 1.22. The van der Waals surface area contributed by atoms with Crippen molar-refractivity contribution in [2.45, 2.75) is 148 Å². The highest BCUT2D eigenvalue weighted by molar-refractivity contribution is 5.91. The van der Waals surface area contributed by atoms with E-state index < -0.39 is 72.9 Å². The molecule has 18 heteroatoms. The molecule has 0 bridgehead atoms. The number of benzene rings is 1. The quantitative estimate of drug-likeness (QED) is 0.0290. The molecule has 3 heterocycles. The van der Waals surface area contributed by atoms with Gasteiger partial charge in [-0.3, -0.25) is 29.0 Å². The molecular formula is C48H66N6O12. The number of nitrogens with one attached hydrogen (secondary N) is 3. The fraction of sp³-hybridized carbons (Fsp3) is 0.542. The van der Waals surface area contributed by atoms with Gasteiger partial charge in [0.05, 0.1) is 23.9 Å². The lowest BCUT2D eigenvalue weighted by Gasteiger charge is -2.37. The number of aliphatic hydroxyl groups excluding tert-OH is 3. The second-order valence-corrected chi connectivity index (χ2v) is 16.4. The lowest BCUT2D eigenvalue weighted by atomic mass is 9.78. The number of esters is 3. The first-order chi connectivity index (χ1) is 31.7. The van der Waals surface area contributed by atoms with E-state index in [1.165, 1.54) is 0 Å². The van der Waals surface area contributed by atoms with E-state index >= 15 is 0 Å². The monoisotopic (exact) mass is 918 g/mol. The van der Waals surface area contributed by atoms with Crippen LogP contribution in [0.15, 0.2) is 70.3 Å². The molecular weight excluding hydrogens is 853 g/mol. The summed E-state index contributed by atoms with van der Waals surface area (Å²) in [6.45, 7) is 6.44. The van der Waals surface area contributed by atoms with Gasteiger partial charge in [0.15, 0.2) is 6.10 Å². The first kappa shape index (κ1) is 52.6. The van der Waals surface area contributed by atoms with E-state index in [0.29, 0.717) is 47.8 Å². The molecule has 0 radical (unpaired) electrons. The van der Waals surface area contributed by atoms with Gasteiger partial charge in [0.25, 0.3) is 5.91 Å². The third-order valence-corrected chi connectivity index (χ3v) is 11.2. The molecule has 6 N–H and O–H groups in total. The molecule has 2 aromatic heterocycles. The molecule has 0 spiro atoms. The van der Waals surface area contributed by atoms with E-state index in [1.54, 1.807) is 19.3 Å². The van der Waals surface area contributed by atoms with Crippen molar-refractivity contribution in [2.75, 3.05) is 23.8 Å². The number of unbranched alkanes of at least 4 members (excludes halogenated alkanes) is 8. The summed E-state index contributed by atoms with van der Waals surface area (Å²) in [5.41, 5.74) is 2.62. The Labute approximate surface area is 386 Å². The molecule has 1 aliphatic heterocycles. The number of carbonyl (C=O) groups is 5. The number of para-hydroxylation sites is 1. The first-order valence-electron chi connectivity index (χ1n) is 22.6. The van der Waals surface area contributed by atoms with Gasteiger partial charge in [0.2, 0.25) is 12.0 Å². The molecule has 3 aromatic rings. The zero-order valence-corrected chi connectivity index (χ0v) is 38.5. The molecule has 18 nitrogen and oxygen atoms in total. The predicted molar refractivity (Wildman–Crippen MR) is 245 cm³/mol. The highest BCUT2D eigenvalue weighted by Gasteiger charge is 2.42. The zero-order valence-electron chi connectivity index (χ0n) is 38.5. The molecule has 0 saturated heterocycles. The van der Waals surface area contributed by atoms with Gasteiger partial charge in [-0.15, -0.1) is 0 Å². The number of hydrogen-bond donors (Lipinski definition) is 6. The fourth-order valence-corrected chi connectivity index (χ4v) is 7.99. The van der Waals surface area contributed by atoms with Crippen molar-refractivity contribution in [3.63, 3.8) is 0 Å². The average molecular weight is 919 g/mol. The van der Waals surface area contributed by atoms with Crippen LogP contribution in [-0.2, 0) is 38.2 Å². The third-order valence-electron chi connectivity index (χ3n) is 11.2. The van der Waals surface area contributed by atoms with Crippen molar-refractivity contribution in [1.29, 1.82) is 0 Å². The van der Waals surface area contributed by atoms with Crippen molar-refractivity contribution in [3.05, 3.63) is 83.4 Å². The lowest BCUT2D eigenvalue weighted by Crippen LogP contribution is -2.54. The third kappa shape index (κ3) is 16.8. The highest BCUT2D eigenvalue weighted by atomic mass is 16.6. The van der Waals surface area contributed by atoms with Gasteiger partial charge in [0.1, 0.15) is 30.4 Å². The van der Waals surface area contributed by atoms with E-state index in [4.69, 9.17) is 23.7 Å². The van der Waals surface area contributed by atoms with E-state index in [9.17, 15) is 39.3 Å². The Hall–Kier alpha value is -5.98. The summed E-state index contributed by atoms with van der Waals surface area (Å²) >= 11 is 0. The maximum absolute atomic E-state index is 13.4. The topological polar surface area (TPSA) is 261 Å². The number of aromatic nitrogens is 2. The van der Waals surface area contributed by atoms with Crippen molar-refractivity contribution in [3.8, 4) is 0 Å². The van der Waals surface area contributed by atoms with Gasteiger partial charge in [-0.25, -0.2) is 4.98 Å². The van der Waals surface area contributed by atoms with E-state index in [2.05, 4.69) is 26.1 Å². The molecule has 8 atom stereocenters. The summed E-state index contributed by atoms with van der Waals surface area (Å²) in [6, 6.07) is 12.3. The van der Waals surface area contributed by atoms with Crippen LogP contribution in [0.5, 0.6) is 0 Å². The van der Waals surface area contributed by atoms with Gasteiger partial charge in [-0.1, -0.05) is 80.4 Å². The van der Waals surface area contributed by atoms with Gasteiger partial charge in [0, 0.05) is 63.3 Å². The number of aryl methyl sites for hydroxylation is 2. The van der Waals surface area contributed by atoms with E-state index in [1.807, 2.05) is 61.5 Å². The summed E-state index contributed by atoms with van der Waals surface area (Å²) in [6.07, 6.45) is 8.00. The molecule has 4 rings (SSSR count). The van der Waals surface area contributed by atoms with Crippen LogP contribution in [0.1, 0.15) is 126 Å². The number of aliphatic imine (C=N–C) groups is 1. The fourth-order valence-electron chi connectivity index (χ4n) is 7.99. The van der Waals surface area contributed by atoms with Crippen LogP contribution in [0.2, 0.25) is 0 Å². The molecule has 0 fully saturated rings. The minimum atomic E-state index is -1.99. The number of carbonyl (C=O) groups excluding carboxylic acids is 5. The number of dihydropyridines is 1. The number of allylic oxidation sites excluding steroid dienone is 1. The normalized spacial score (nSPS) is 16.5. The van der Waals surface area contributed by atoms with Gasteiger partial charge >= 0.3 is 17.9 Å². The minimum Gasteiger partial charge on any atom is -0.462 e. The molecule has 0 saturated carbocycles. The summed E-state index contributed by atoms with van der Waals surface area (Å²) in [5, 5.41) is 47.0. The highest BCUT2D eigenvalue weighted by Crippen LogP contribution is 2.43. The van der Waals surface area contributed by atoms with Crippen LogP contribution in [-0.4, -0.2) is 105 Å². The number of amides is 2. The molecule has 0 aliphatic carbocycles. The van der Waals surface area contributed by atoms with Crippen LogP contribution in [0.25, 0.3) is 0 Å². The second kappa shape index (κ2) is 27.5. The SMILES string of the molecule is CC(=O)OC[C@H](OC(C)=O)[C@H](O)[C@@H](O)[C@H](OC(C)=O)C(=O)NCCCCCCCCCCCC(=O)Nc1ccccc1[C@@H](Nc1ccccn1)[C@H](C1CC=CC=N1)[C@H](O)c1c(C)noc1C. The number of ether oxygens (including phenoxy) is 3. The number of aliphatic hydroxyl groups is 3. The van der Waals surface area contributed by atoms with Crippen molar-refractivity contribution < 1.29 is 58.0 Å². The summed E-state index contributed by atoms with van der Waals surface area (Å²) in [5.74, 6) is -2.76. The Bertz CT molecular complexity index is 2060. The molecule has 1 unspecified atom stereocenters. The average Bonchev–Trinajstić information content (AvgIpc) is 3.63. The van der Waals surface area contributed by atoms with Crippen LogP contribution in [0.3, 0.4) is 0 Å². The van der Waals surface area contributed by atoms with E-state index in [-0.39, 0.29) is 18.5 Å². The van der Waals surface area contributed by atoms with Crippen molar-refractivity contribution in [1.82, 2.24) is 15.5 Å². The minimum absolute atomic E-state index is 0.108. The maximum atomic E-state index is 13.4. The van der Waals surface area contributed by atoms with Gasteiger partial charge in [-0.05, 0) is 62.9 Å². The standard InChI is InChI=1S/C48H66N6O12/c1-30-41(31(2)66-54-30)45(60)42(37-23-16-19-26-49-37)43(53-39-24-17-20-27-50-39)35-21-14-15-22-36(35)52-40(58)25-13-11-9-7-6-8-10-12-18-28-51-48(62)47(65-34(5)57)46(61)44(59)38(64-33(4)56)29-63-32(3)55/h14-17,19-22,24,26-27,37-38,42-47,59-61H,6-13,18,23,25,28-29H2,1-5H3,(H,50,53)(H,51,62)(H,52,58)/t37?,38-,42-,43+,44-,45+,46+,47-/m0/s1. The number of hydrogen-bond acceptors (Lipinski definition) is 16. The molecule has 1 aromatic carbocycles. The molecule has 2 amide bonds. The molecule has 360 valence electrons. The molecule has 66 heavy (non-hydrogen) atoms. The Morgan fingerprint density at radius 1 is 0.818 bits per heavy atom.